The molecule has 1 saturated heterocycles. The first-order valence-electron chi connectivity index (χ1n) is 11.7. The number of anilines is 4. The maximum atomic E-state index is 13.7. The van der Waals surface area contributed by atoms with Gasteiger partial charge < -0.3 is 20.0 Å². The number of benzene rings is 1. The van der Waals surface area contributed by atoms with Gasteiger partial charge in [0.2, 0.25) is 11.8 Å². The Morgan fingerprint density at radius 1 is 1.21 bits per heavy atom. The van der Waals surface area contributed by atoms with Gasteiger partial charge in [-0.2, -0.15) is 0 Å². The van der Waals surface area contributed by atoms with Crippen LogP contribution >= 0.6 is 0 Å². The highest BCUT2D eigenvalue weighted by atomic mass is 16.2. The molecule has 0 bridgehead atoms. The largest absolute Gasteiger partial charge is 0.354 e. The number of pyridine rings is 1. The number of aromatic nitrogens is 1. The smallest absolute Gasteiger partial charge is 0.247 e. The van der Waals surface area contributed by atoms with Gasteiger partial charge in [-0.3, -0.25) is 9.59 Å². The van der Waals surface area contributed by atoms with Gasteiger partial charge in [0, 0.05) is 36.5 Å². The number of amides is 2. The van der Waals surface area contributed by atoms with Crippen molar-refractivity contribution in [1.82, 2.24) is 9.88 Å². The van der Waals surface area contributed by atoms with Crippen molar-refractivity contribution in [1.29, 1.82) is 0 Å². The second-order valence-corrected chi connectivity index (χ2v) is 10.1. The van der Waals surface area contributed by atoms with E-state index >= 15 is 0 Å². The molecule has 1 aromatic heterocycles. The summed E-state index contributed by atoms with van der Waals surface area (Å²) in [6, 6.07) is 10.1. The van der Waals surface area contributed by atoms with Crippen LogP contribution in [0, 0.1) is 11.3 Å². The Morgan fingerprint density at radius 2 is 2.03 bits per heavy atom. The molecule has 3 aliphatic rings. The lowest BCUT2D eigenvalue weighted by Gasteiger charge is -2.43. The van der Waals surface area contributed by atoms with Crippen LogP contribution in [0.5, 0.6) is 0 Å². The van der Waals surface area contributed by atoms with Crippen molar-refractivity contribution in [2.45, 2.75) is 39.7 Å². The molecule has 1 saturated carbocycles. The Balaban J connectivity index is 1.49. The van der Waals surface area contributed by atoms with Gasteiger partial charge in [-0.15, -0.1) is 0 Å². The van der Waals surface area contributed by atoms with E-state index in [0.29, 0.717) is 13.2 Å². The van der Waals surface area contributed by atoms with E-state index in [1.54, 1.807) is 11.1 Å². The fourth-order valence-corrected chi connectivity index (χ4v) is 5.29. The quantitative estimate of drug-likeness (QED) is 0.714. The van der Waals surface area contributed by atoms with Gasteiger partial charge in [0.15, 0.2) is 0 Å². The molecule has 7 heteroatoms. The van der Waals surface area contributed by atoms with Gasteiger partial charge in [0.05, 0.1) is 24.6 Å². The minimum Gasteiger partial charge on any atom is -0.354 e. The third-order valence-corrected chi connectivity index (χ3v) is 7.01. The van der Waals surface area contributed by atoms with E-state index in [-0.39, 0.29) is 23.1 Å². The molecule has 2 fully saturated rings. The zero-order valence-electron chi connectivity index (χ0n) is 19.4. The molecule has 172 valence electrons. The van der Waals surface area contributed by atoms with Crippen molar-refractivity contribution < 1.29 is 9.59 Å². The minimum absolute atomic E-state index is 0.0467. The molecule has 3 heterocycles. The average Bonchev–Trinajstić information content (AvgIpc) is 2.97. The van der Waals surface area contributed by atoms with Crippen LogP contribution in [0.1, 0.15) is 38.7 Å². The fraction of sp³-hybridized carbons (Fsp3) is 0.423. The van der Waals surface area contributed by atoms with Crippen LogP contribution in [0.3, 0.4) is 0 Å². The summed E-state index contributed by atoms with van der Waals surface area (Å²) in [6.45, 7) is 10.7. The first-order chi connectivity index (χ1) is 15.8. The number of nitrogens with one attached hydrogen (secondary N) is 1. The van der Waals surface area contributed by atoms with Gasteiger partial charge in [-0.1, -0.05) is 26.5 Å². The summed E-state index contributed by atoms with van der Waals surface area (Å²) in [7, 11) is 0. The van der Waals surface area contributed by atoms with E-state index in [1.807, 2.05) is 23.1 Å². The Morgan fingerprint density at radius 3 is 2.79 bits per heavy atom. The molecule has 7 nitrogen and oxygen atoms in total. The van der Waals surface area contributed by atoms with Gasteiger partial charge >= 0.3 is 0 Å². The van der Waals surface area contributed by atoms with E-state index in [9.17, 15) is 9.59 Å². The molecule has 5 rings (SSSR count). The molecule has 0 atom stereocenters. The lowest BCUT2D eigenvalue weighted by atomic mass is 9.64. The number of carbonyl (C=O) groups excluding carboxylic acids is 2. The topological polar surface area (TPSA) is 68.8 Å². The number of hydrogen-bond acceptors (Lipinski definition) is 5. The maximum Gasteiger partial charge on any atom is 0.247 e. The first kappa shape index (κ1) is 21.5. The molecule has 1 aliphatic carbocycles. The van der Waals surface area contributed by atoms with Crippen LogP contribution in [0.15, 0.2) is 49.2 Å². The molecule has 1 N–H and O–H groups in total. The van der Waals surface area contributed by atoms with Gasteiger partial charge in [0.1, 0.15) is 5.82 Å². The first-order valence-corrected chi connectivity index (χ1v) is 11.7. The highest BCUT2D eigenvalue weighted by Crippen LogP contribution is 2.47. The van der Waals surface area contributed by atoms with Crippen LogP contribution in [-0.4, -0.2) is 41.5 Å². The summed E-state index contributed by atoms with van der Waals surface area (Å²) >= 11 is 0. The summed E-state index contributed by atoms with van der Waals surface area (Å²) in [6.07, 6.45) is 5.86. The van der Waals surface area contributed by atoms with Crippen LogP contribution < -0.4 is 15.1 Å². The Labute approximate surface area is 195 Å². The summed E-state index contributed by atoms with van der Waals surface area (Å²) in [5, 5.41) is 3.44. The summed E-state index contributed by atoms with van der Waals surface area (Å²) in [4.78, 5) is 36.3. The maximum absolute atomic E-state index is 13.7. The average molecular weight is 446 g/mol. The summed E-state index contributed by atoms with van der Waals surface area (Å²) in [5.74, 6) is 0.956. The SMILES string of the molecule is C=CC(=O)N1CCCN(c2ccc3c(c2)N(C(=O)C2CC(C)(C)C2)Cc2cccnc2N3)C1. The number of rotatable bonds is 3. The third kappa shape index (κ3) is 4.08. The standard InChI is InChI=1S/C26H31N5O2/c1-4-23(32)30-12-6-11-29(17-30)20-8-9-21-22(13-20)31(25(33)19-14-26(2,3)15-19)16-18-7-5-10-27-24(18)28-21/h4-5,7-10,13,19H,1,6,11-12,14-17H2,2-3H3,(H,27,28). The third-order valence-electron chi connectivity index (χ3n) is 7.01. The zero-order chi connectivity index (χ0) is 23.2. The Kier molecular flexibility index (Phi) is 5.35. The lowest BCUT2D eigenvalue weighted by molar-refractivity contribution is -0.129. The van der Waals surface area contributed by atoms with Gasteiger partial charge in [0.25, 0.3) is 0 Å². The van der Waals surface area contributed by atoms with Gasteiger partial charge in [-0.05, 0) is 55.0 Å². The van der Waals surface area contributed by atoms with Crippen LogP contribution in [0.2, 0.25) is 0 Å². The molecule has 0 radical (unpaired) electrons. The second-order valence-electron chi connectivity index (χ2n) is 10.1. The highest BCUT2D eigenvalue weighted by Gasteiger charge is 2.43. The van der Waals surface area contributed by atoms with E-state index in [0.717, 1.165) is 60.8 Å². The van der Waals surface area contributed by atoms with Crippen molar-refractivity contribution in [2.24, 2.45) is 11.3 Å². The second kappa shape index (κ2) is 8.21. The molecular weight excluding hydrogens is 414 g/mol. The molecule has 2 aliphatic heterocycles. The molecular formula is C26H31N5O2. The van der Waals surface area contributed by atoms with Crippen molar-refractivity contribution >= 4 is 34.7 Å². The van der Waals surface area contributed by atoms with Crippen LogP contribution in [0.25, 0.3) is 0 Å². The predicted octanol–water partition coefficient (Wildman–Crippen LogP) is 4.29. The monoisotopic (exact) mass is 445 g/mol. The Bertz CT molecular complexity index is 1100. The number of nitrogens with zero attached hydrogens (tertiary/aromatic N) is 4. The van der Waals surface area contributed by atoms with Crippen LogP contribution in [0.4, 0.5) is 22.9 Å². The molecule has 1 aromatic carbocycles. The molecule has 0 spiro atoms. The highest BCUT2D eigenvalue weighted by molar-refractivity contribution is 6.00. The molecule has 33 heavy (non-hydrogen) atoms. The van der Waals surface area contributed by atoms with Crippen molar-refractivity contribution in [3.05, 3.63) is 54.7 Å². The molecule has 2 aromatic rings. The molecule has 2 amide bonds. The van der Waals surface area contributed by atoms with E-state index < -0.39 is 0 Å². The number of carbonyl (C=O) groups is 2. The zero-order valence-corrected chi connectivity index (χ0v) is 19.4. The van der Waals surface area contributed by atoms with Gasteiger partial charge in [-0.25, -0.2) is 4.98 Å². The fourth-order valence-electron chi connectivity index (χ4n) is 5.29. The van der Waals surface area contributed by atoms with Crippen molar-refractivity contribution in [3.8, 4) is 0 Å². The van der Waals surface area contributed by atoms with E-state index in [1.165, 1.54) is 6.08 Å². The van der Waals surface area contributed by atoms with E-state index in [4.69, 9.17) is 0 Å². The van der Waals surface area contributed by atoms with Crippen LogP contribution in [-0.2, 0) is 16.1 Å². The number of hydrogen-bond donors (Lipinski definition) is 1. The van der Waals surface area contributed by atoms with Crippen molar-refractivity contribution in [2.75, 3.05) is 34.9 Å². The minimum atomic E-state index is -0.0537. The molecule has 0 unspecified atom stereocenters. The summed E-state index contributed by atoms with van der Waals surface area (Å²) in [5.41, 5.74) is 3.97. The van der Waals surface area contributed by atoms with Crippen molar-refractivity contribution in [3.63, 3.8) is 0 Å². The lowest BCUT2D eigenvalue weighted by Crippen LogP contribution is -2.47. The van der Waals surface area contributed by atoms with E-state index in [2.05, 4.69) is 47.8 Å². The Hall–Kier alpha value is -3.35. The predicted molar refractivity (Wildman–Crippen MR) is 130 cm³/mol. The number of fused-ring (bicyclic) bond motifs is 2. The normalized spacial score (nSPS) is 19.5. The summed E-state index contributed by atoms with van der Waals surface area (Å²) < 4.78 is 0.